The van der Waals surface area contributed by atoms with Crippen LogP contribution in [0, 0.1) is 24.8 Å². The predicted octanol–water partition coefficient (Wildman–Crippen LogP) is 8.00. The maximum atomic E-state index is 12.9. The van der Waals surface area contributed by atoms with Gasteiger partial charge in [0.25, 0.3) is 0 Å². The number of rotatable bonds is 3. The third-order valence-electron chi connectivity index (χ3n) is 6.75. The molecule has 56 heavy (non-hydrogen) atoms. The molecule has 4 heterocycles. The Morgan fingerprint density at radius 2 is 1.05 bits per heavy atom. The largest absolute Gasteiger partial charge is 0.573 e. The molecule has 1 radical (unpaired) electrons. The van der Waals surface area contributed by atoms with Gasteiger partial charge in [0.2, 0.25) is 12.7 Å². The smallest absolute Gasteiger partial charge is 0.431 e. The molecule has 0 aliphatic rings. The van der Waals surface area contributed by atoms with Gasteiger partial charge in [-0.15, -0.1) is 0 Å². The van der Waals surface area contributed by atoms with Crippen LogP contribution in [0.1, 0.15) is 27.9 Å². The van der Waals surface area contributed by atoms with Crippen molar-refractivity contribution < 1.29 is 95.1 Å². The van der Waals surface area contributed by atoms with Crippen LogP contribution in [0.25, 0.3) is 22.8 Å². The summed E-state index contributed by atoms with van der Waals surface area (Å²) < 4.78 is 193. The molecule has 2 aromatic carbocycles. The number of imidazole rings is 2. The molecule has 0 spiro atoms. The normalized spacial score (nSPS) is 12.2. The second-order valence-electron chi connectivity index (χ2n) is 10.9. The summed E-state index contributed by atoms with van der Waals surface area (Å²) in [5, 5.41) is 6.47. The van der Waals surface area contributed by atoms with Crippen molar-refractivity contribution in [2.24, 2.45) is 14.1 Å². The van der Waals surface area contributed by atoms with Gasteiger partial charge in [0.1, 0.15) is 5.69 Å². The van der Waals surface area contributed by atoms with E-state index in [1.807, 2.05) is 12.1 Å². The number of pyridine rings is 1. The van der Waals surface area contributed by atoms with Gasteiger partial charge in [-0.2, -0.15) is 102 Å². The zero-order valence-electron chi connectivity index (χ0n) is 27.6. The summed E-state index contributed by atoms with van der Waals surface area (Å²) in [6.07, 6.45) is -12.3. The van der Waals surface area contributed by atoms with Crippen molar-refractivity contribution in [2.45, 2.75) is 30.9 Å². The van der Waals surface area contributed by atoms with Crippen LogP contribution in [0.4, 0.5) is 65.9 Å². The summed E-state index contributed by atoms with van der Waals surface area (Å²) in [5.41, 5.74) is -7.20. The number of hydrogen-bond acceptors (Lipinski definition) is 2. The van der Waals surface area contributed by atoms with E-state index in [9.17, 15) is 65.9 Å². The van der Waals surface area contributed by atoms with E-state index < -0.39 is 70.2 Å². The molecule has 7 nitrogen and oxygen atoms in total. The van der Waals surface area contributed by atoms with Gasteiger partial charge in [-0.05, 0) is 18.2 Å². The van der Waals surface area contributed by atoms with Gasteiger partial charge in [0.15, 0.2) is 0 Å². The SMILES string of the molecule is C[n+]1[c-]n(-c2[c-]cc(C(F)(F)F)cc2C(F)(F)F)cc1.C[n+]1[c-]n(-c2[c-]cc(C(F)(F)F)cc2C(F)(F)F)cc1.FC(F)(F)c1cc(-c2ccccn2)[n-]n1.[Ir]. The zero-order valence-corrected chi connectivity index (χ0v) is 30.0. The molecule has 0 unspecified atom stereocenters. The van der Waals surface area contributed by atoms with Crippen LogP contribution in [0.5, 0.6) is 0 Å². The molecule has 0 fully saturated rings. The molecular formula is C33H19F15IrN7-3. The topological polar surface area (TPSA) is 57.5 Å². The molecule has 0 N–H and O–H groups in total. The van der Waals surface area contributed by atoms with E-state index in [2.05, 4.69) is 27.8 Å². The van der Waals surface area contributed by atoms with Crippen LogP contribution < -0.4 is 14.2 Å². The van der Waals surface area contributed by atoms with E-state index in [0.717, 1.165) is 15.2 Å². The second-order valence-corrected chi connectivity index (χ2v) is 10.9. The minimum atomic E-state index is -4.93. The van der Waals surface area contributed by atoms with Crippen molar-refractivity contribution in [3.8, 4) is 22.8 Å². The Hall–Kier alpha value is -5.18. The molecule has 303 valence electrons. The molecule has 6 aromatic rings. The van der Waals surface area contributed by atoms with Gasteiger partial charge in [0, 0.05) is 56.8 Å². The number of nitrogens with zero attached hydrogens (tertiary/aromatic N) is 7. The number of hydrogen-bond donors (Lipinski definition) is 0. The predicted molar refractivity (Wildman–Crippen MR) is 155 cm³/mol. The van der Waals surface area contributed by atoms with E-state index >= 15 is 0 Å². The Kier molecular flexibility index (Phi) is 13.6. The summed E-state index contributed by atoms with van der Waals surface area (Å²) in [6.45, 7) is 0. The summed E-state index contributed by atoms with van der Waals surface area (Å²) in [5.74, 6) is 0. The maximum Gasteiger partial charge on any atom is 0.431 e. The Morgan fingerprint density at radius 3 is 1.36 bits per heavy atom. The Bertz CT molecular complexity index is 2080. The van der Waals surface area contributed by atoms with E-state index in [0.29, 0.717) is 17.8 Å². The average Bonchev–Trinajstić information content (AvgIpc) is 3.85. The van der Waals surface area contributed by atoms with E-state index in [1.165, 1.54) is 54.2 Å². The van der Waals surface area contributed by atoms with Gasteiger partial charge in [0.05, 0.1) is 14.1 Å². The minimum absolute atomic E-state index is 0. The van der Waals surface area contributed by atoms with Crippen molar-refractivity contribution in [1.82, 2.24) is 24.3 Å². The second kappa shape index (κ2) is 16.9. The molecule has 0 bridgehead atoms. The summed E-state index contributed by atoms with van der Waals surface area (Å²) in [4.78, 5) is 3.87. The quantitative estimate of drug-likeness (QED) is 0.103. The standard InChI is InChI=1S/2C12H7F6N2.C9H5F3N3.Ir/c2*1-19-4-5-20(7-19)10-3-2-8(11(13,14)15)6-9(10)12(16,17)18;10-9(11,12)8-5-7(14-15-8)6-3-1-2-4-13-6;/h2*2,4-6H,1H3;1-5H;/q3*-1;. The number of aryl methyl sites for hydroxylation is 2. The minimum Gasteiger partial charge on any atom is -0.573 e. The number of alkyl halides is 15. The molecule has 23 heteroatoms. The first kappa shape index (κ1) is 45.2. The van der Waals surface area contributed by atoms with Gasteiger partial charge >= 0.3 is 30.9 Å². The fraction of sp³-hybridized carbons (Fsp3) is 0.212. The first-order valence-electron chi connectivity index (χ1n) is 14.6. The first-order valence-corrected chi connectivity index (χ1v) is 14.6. The number of halogens is 15. The summed E-state index contributed by atoms with van der Waals surface area (Å²) >= 11 is 0. The maximum absolute atomic E-state index is 12.9. The fourth-order valence-electron chi connectivity index (χ4n) is 4.27. The van der Waals surface area contributed by atoms with Crippen molar-refractivity contribution >= 4 is 0 Å². The third-order valence-corrected chi connectivity index (χ3v) is 6.75. The summed E-state index contributed by atoms with van der Waals surface area (Å²) in [7, 11) is 3.04. The van der Waals surface area contributed by atoms with Gasteiger partial charge in [-0.25, -0.2) is 0 Å². The molecule has 0 aliphatic carbocycles. The van der Waals surface area contributed by atoms with Crippen LogP contribution in [0.2, 0.25) is 0 Å². The Morgan fingerprint density at radius 1 is 0.607 bits per heavy atom. The van der Waals surface area contributed by atoms with E-state index in [1.54, 1.807) is 18.2 Å². The summed E-state index contributed by atoms with van der Waals surface area (Å²) in [6, 6.07) is 11.0. The van der Waals surface area contributed by atoms with Crippen LogP contribution in [-0.4, -0.2) is 19.2 Å². The van der Waals surface area contributed by atoms with Crippen LogP contribution >= 0.6 is 0 Å². The first-order chi connectivity index (χ1) is 25.2. The van der Waals surface area contributed by atoms with Gasteiger partial charge in [-0.1, -0.05) is 45.4 Å². The molecule has 0 aliphatic heterocycles. The van der Waals surface area contributed by atoms with Crippen LogP contribution in [-0.2, 0) is 65.1 Å². The Balaban J connectivity index is 0.000000226. The number of benzene rings is 2. The third kappa shape index (κ3) is 11.7. The fourth-order valence-corrected chi connectivity index (χ4v) is 4.27. The Labute approximate surface area is 319 Å². The molecular weight excluding hydrogens is 972 g/mol. The van der Waals surface area contributed by atoms with Crippen molar-refractivity contribution in [3.05, 3.63) is 132 Å². The molecule has 6 rings (SSSR count). The van der Waals surface area contributed by atoms with Crippen molar-refractivity contribution in [2.75, 3.05) is 0 Å². The van der Waals surface area contributed by atoms with E-state index in [4.69, 9.17) is 0 Å². The molecule has 0 atom stereocenters. The van der Waals surface area contributed by atoms with Gasteiger partial charge < -0.3 is 28.5 Å². The molecule has 4 aromatic heterocycles. The molecule has 0 saturated carbocycles. The monoisotopic (exact) mass is 991 g/mol. The number of aromatic nitrogens is 7. The molecule has 0 saturated heterocycles. The van der Waals surface area contributed by atoms with Crippen LogP contribution in [0.3, 0.4) is 0 Å². The van der Waals surface area contributed by atoms with E-state index in [-0.39, 0.29) is 37.9 Å². The molecule has 0 amide bonds. The van der Waals surface area contributed by atoms with Crippen LogP contribution in [0.15, 0.2) is 79.5 Å². The van der Waals surface area contributed by atoms with Gasteiger partial charge in [-0.3, -0.25) is 4.98 Å². The zero-order chi connectivity index (χ0) is 41.1. The van der Waals surface area contributed by atoms with Crippen molar-refractivity contribution in [1.29, 1.82) is 0 Å². The average molecular weight is 991 g/mol. The van der Waals surface area contributed by atoms with Crippen molar-refractivity contribution in [3.63, 3.8) is 0 Å².